The minimum Gasteiger partial charge on any atom is -0.406 e. The second-order valence-electron chi connectivity index (χ2n) is 6.94. The summed E-state index contributed by atoms with van der Waals surface area (Å²) >= 11 is 0. The first-order valence-corrected chi connectivity index (χ1v) is 9.34. The molecule has 1 aliphatic carbocycles. The van der Waals surface area contributed by atoms with Crippen LogP contribution in [-0.2, 0) is 6.54 Å². The zero-order chi connectivity index (χ0) is 21.1. The normalized spacial score (nSPS) is 13.7. The number of halogens is 4. The van der Waals surface area contributed by atoms with E-state index in [1.165, 1.54) is 30.3 Å². The molecule has 0 bridgehead atoms. The Kier molecular flexibility index (Phi) is 5.43. The fourth-order valence-corrected chi connectivity index (χ4v) is 2.85. The van der Waals surface area contributed by atoms with Gasteiger partial charge in [-0.25, -0.2) is 9.37 Å². The zero-order valence-corrected chi connectivity index (χ0v) is 15.7. The molecule has 2 N–H and O–H groups in total. The van der Waals surface area contributed by atoms with Gasteiger partial charge in [0.05, 0.1) is 5.69 Å². The lowest BCUT2D eigenvalue weighted by molar-refractivity contribution is -0.274. The van der Waals surface area contributed by atoms with Crippen molar-refractivity contribution < 1.29 is 22.3 Å². The summed E-state index contributed by atoms with van der Waals surface area (Å²) < 4.78 is 55.0. The van der Waals surface area contributed by atoms with E-state index in [1.54, 1.807) is 24.3 Å². The van der Waals surface area contributed by atoms with Gasteiger partial charge in [0.15, 0.2) is 0 Å². The Morgan fingerprint density at radius 1 is 1.00 bits per heavy atom. The highest BCUT2D eigenvalue weighted by Crippen LogP contribution is 2.30. The topological polar surface area (TPSA) is 59.1 Å². The summed E-state index contributed by atoms with van der Waals surface area (Å²) in [6.45, 7) is 0.328. The maximum Gasteiger partial charge on any atom is 0.573 e. The molecule has 0 aliphatic heterocycles. The summed E-state index contributed by atoms with van der Waals surface area (Å²) in [7, 11) is 0. The SMILES string of the molecule is Fc1cccc(CNc2cc(-c3cccc(OC(F)(F)F)c3)nc(NC3CC3)n2)c1. The number of anilines is 2. The van der Waals surface area contributed by atoms with Crippen molar-refractivity contribution in [3.05, 3.63) is 66.0 Å². The first kappa shape index (κ1) is 19.9. The van der Waals surface area contributed by atoms with Gasteiger partial charge in [0.1, 0.15) is 17.4 Å². The smallest absolute Gasteiger partial charge is 0.406 e. The van der Waals surface area contributed by atoms with Gasteiger partial charge in [0, 0.05) is 24.2 Å². The van der Waals surface area contributed by atoms with Gasteiger partial charge < -0.3 is 15.4 Å². The van der Waals surface area contributed by atoms with Gasteiger partial charge in [-0.15, -0.1) is 13.2 Å². The Balaban J connectivity index is 1.60. The molecule has 3 aromatic rings. The lowest BCUT2D eigenvalue weighted by Gasteiger charge is -2.13. The first-order valence-electron chi connectivity index (χ1n) is 9.34. The molecule has 30 heavy (non-hydrogen) atoms. The highest BCUT2D eigenvalue weighted by molar-refractivity contribution is 5.66. The van der Waals surface area contributed by atoms with Crippen LogP contribution in [0.3, 0.4) is 0 Å². The number of rotatable bonds is 7. The molecule has 0 atom stereocenters. The van der Waals surface area contributed by atoms with E-state index < -0.39 is 6.36 Å². The standard InChI is InChI=1S/C21H18F4N4O/c22-15-5-1-3-13(9-15)12-26-19-11-18(28-20(29-19)27-16-7-8-16)14-4-2-6-17(10-14)30-21(23,24)25/h1-6,9-11,16H,7-8,12H2,(H2,26,27,28,29). The van der Waals surface area contributed by atoms with E-state index in [2.05, 4.69) is 25.3 Å². The monoisotopic (exact) mass is 418 g/mol. The lowest BCUT2D eigenvalue weighted by atomic mass is 10.1. The predicted molar refractivity (Wildman–Crippen MR) is 105 cm³/mol. The quantitative estimate of drug-likeness (QED) is 0.506. The molecular formula is C21H18F4N4O. The number of ether oxygens (including phenoxy) is 1. The van der Waals surface area contributed by atoms with Crippen LogP contribution < -0.4 is 15.4 Å². The summed E-state index contributed by atoms with van der Waals surface area (Å²) in [6.07, 6.45) is -2.76. The van der Waals surface area contributed by atoms with Crippen LogP contribution in [0.25, 0.3) is 11.3 Å². The Morgan fingerprint density at radius 3 is 2.53 bits per heavy atom. The summed E-state index contributed by atoms with van der Waals surface area (Å²) in [5, 5.41) is 6.31. The van der Waals surface area contributed by atoms with Crippen molar-refractivity contribution in [2.24, 2.45) is 0 Å². The number of alkyl halides is 3. The molecule has 0 amide bonds. The molecule has 1 fully saturated rings. The second-order valence-corrected chi connectivity index (χ2v) is 6.94. The van der Waals surface area contributed by atoms with E-state index in [0.29, 0.717) is 29.6 Å². The van der Waals surface area contributed by atoms with Crippen molar-refractivity contribution >= 4 is 11.8 Å². The van der Waals surface area contributed by atoms with Crippen LogP contribution in [0, 0.1) is 5.82 Å². The molecule has 1 saturated carbocycles. The van der Waals surface area contributed by atoms with E-state index in [4.69, 9.17) is 0 Å². The number of benzene rings is 2. The fourth-order valence-electron chi connectivity index (χ4n) is 2.85. The molecule has 1 aromatic heterocycles. The minimum atomic E-state index is -4.78. The summed E-state index contributed by atoms with van der Waals surface area (Å²) in [5.74, 6) is 0.174. The average molecular weight is 418 g/mol. The Morgan fingerprint density at radius 2 is 1.80 bits per heavy atom. The third kappa shape index (κ3) is 5.59. The molecule has 156 valence electrons. The van der Waals surface area contributed by atoms with Crippen LogP contribution in [0.2, 0.25) is 0 Å². The molecule has 0 radical (unpaired) electrons. The third-order valence-corrected chi connectivity index (χ3v) is 4.36. The van der Waals surface area contributed by atoms with Crippen LogP contribution in [0.4, 0.5) is 29.3 Å². The lowest BCUT2D eigenvalue weighted by Crippen LogP contribution is -2.17. The summed E-state index contributed by atoms with van der Waals surface area (Å²) in [4.78, 5) is 8.85. The van der Waals surface area contributed by atoms with Crippen molar-refractivity contribution in [1.29, 1.82) is 0 Å². The largest absolute Gasteiger partial charge is 0.573 e. The number of nitrogens with zero attached hydrogens (tertiary/aromatic N) is 2. The van der Waals surface area contributed by atoms with E-state index >= 15 is 0 Å². The number of aromatic nitrogens is 2. The third-order valence-electron chi connectivity index (χ3n) is 4.36. The fraction of sp³-hybridized carbons (Fsp3) is 0.238. The van der Waals surface area contributed by atoms with E-state index in [1.807, 2.05) is 0 Å². The van der Waals surface area contributed by atoms with Crippen molar-refractivity contribution in [2.75, 3.05) is 10.6 Å². The Hall–Kier alpha value is -3.36. The molecule has 4 rings (SSSR count). The molecule has 1 aliphatic rings. The van der Waals surface area contributed by atoms with Crippen molar-refractivity contribution in [2.45, 2.75) is 31.8 Å². The maximum atomic E-state index is 13.4. The van der Waals surface area contributed by atoms with E-state index in [0.717, 1.165) is 18.4 Å². The van der Waals surface area contributed by atoms with Gasteiger partial charge in [0.25, 0.3) is 0 Å². The van der Waals surface area contributed by atoms with Gasteiger partial charge in [-0.3, -0.25) is 0 Å². The zero-order valence-electron chi connectivity index (χ0n) is 15.7. The van der Waals surface area contributed by atoms with Crippen molar-refractivity contribution in [3.63, 3.8) is 0 Å². The van der Waals surface area contributed by atoms with Crippen LogP contribution in [0.5, 0.6) is 5.75 Å². The molecule has 9 heteroatoms. The molecule has 2 aromatic carbocycles. The van der Waals surface area contributed by atoms with Crippen LogP contribution in [-0.4, -0.2) is 22.4 Å². The summed E-state index contributed by atoms with van der Waals surface area (Å²) in [5.41, 5.74) is 1.61. The first-order chi connectivity index (χ1) is 14.3. The van der Waals surface area contributed by atoms with Crippen molar-refractivity contribution in [3.8, 4) is 17.0 Å². The average Bonchev–Trinajstić information content (AvgIpc) is 3.49. The predicted octanol–water partition coefficient (Wildman–Crippen LogP) is 5.37. The molecule has 1 heterocycles. The van der Waals surface area contributed by atoms with Crippen molar-refractivity contribution in [1.82, 2.24) is 9.97 Å². The number of hydrogen-bond donors (Lipinski definition) is 2. The summed E-state index contributed by atoms with van der Waals surface area (Å²) in [6, 6.07) is 13.7. The van der Waals surface area contributed by atoms with Gasteiger partial charge in [0.2, 0.25) is 5.95 Å². The van der Waals surface area contributed by atoms with Gasteiger partial charge in [-0.1, -0.05) is 24.3 Å². The highest BCUT2D eigenvalue weighted by Gasteiger charge is 2.31. The Labute approximate surface area is 170 Å². The van der Waals surface area contributed by atoms with Gasteiger partial charge >= 0.3 is 6.36 Å². The van der Waals surface area contributed by atoms with Gasteiger partial charge in [-0.2, -0.15) is 4.98 Å². The van der Waals surface area contributed by atoms with Crippen LogP contribution >= 0.6 is 0 Å². The Bertz CT molecular complexity index is 1040. The number of nitrogens with one attached hydrogen (secondary N) is 2. The molecular weight excluding hydrogens is 400 g/mol. The van der Waals surface area contributed by atoms with Crippen LogP contribution in [0.15, 0.2) is 54.6 Å². The highest BCUT2D eigenvalue weighted by atomic mass is 19.4. The molecule has 0 spiro atoms. The minimum absolute atomic E-state index is 0.288. The number of hydrogen-bond acceptors (Lipinski definition) is 5. The van der Waals surface area contributed by atoms with E-state index in [9.17, 15) is 17.6 Å². The van der Waals surface area contributed by atoms with Gasteiger partial charge in [-0.05, 0) is 42.7 Å². The molecule has 0 unspecified atom stereocenters. The second kappa shape index (κ2) is 8.17. The molecule has 0 saturated heterocycles. The maximum absolute atomic E-state index is 13.4. The van der Waals surface area contributed by atoms with E-state index in [-0.39, 0.29) is 17.6 Å². The molecule has 5 nitrogen and oxygen atoms in total. The van der Waals surface area contributed by atoms with Crippen LogP contribution in [0.1, 0.15) is 18.4 Å².